The smallest absolute Gasteiger partial charge is 0.226 e. The molecule has 0 bridgehead atoms. The van der Waals surface area contributed by atoms with E-state index < -0.39 is 28.9 Å². The second-order valence-corrected chi connectivity index (χ2v) is 5.62. The van der Waals surface area contributed by atoms with Crippen LogP contribution in [0.2, 0.25) is 10.0 Å². The van der Waals surface area contributed by atoms with Gasteiger partial charge >= 0.3 is 12.1 Å². The zero-order valence-corrected chi connectivity index (χ0v) is 12.7. The Bertz CT molecular complexity index is 631. The van der Waals surface area contributed by atoms with E-state index >= 15 is 4.39 Å². The summed E-state index contributed by atoms with van der Waals surface area (Å²) >= 11 is 11.2. The third kappa shape index (κ3) is 3.02. The summed E-state index contributed by atoms with van der Waals surface area (Å²) in [7, 11) is 0. The Balaban J connectivity index is 2.73. The quantitative estimate of drug-likeness (QED) is 0.546. The van der Waals surface area contributed by atoms with Crippen LogP contribution in [0.3, 0.4) is 0 Å². The summed E-state index contributed by atoms with van der Waals surface area (Å²) in [6.07, 6.45) is -6.10. The number of hydrogen-bond donors (Lipinski definition) is 0. The van der Waals surface area contributed by atoms with Gasteiger partial charge in [0.25, 0.3) is 0 Å². The molecule has 0 aliphatic heterocycles. The first-order valence-corrected chi connectivity index (χ1v) is 6.91. The van der Waals surface area contributed by atoms with Crippen LogP contribution in [0.4, 0.5) is 26.3 Å². The molecule has 0 aliphatic carbocycles. The number of rotatable bonds is 3. The molecule has 0 N–H and O–H groups in total. The third-order valence-corrected chi connectivity index (χ3v) is 3.78. The molecule has 2 aromatic carbocycles. The van der Waals surface area contributed by atoms with Crippen molar-refractivity contribution in [3.8, 4) is 0 Å². The normalized spacial score (nSPS) is 13.2. The molecular formula is C15H8Cl2F6. The Kier molecular flexibility index (Phi) is 4.61. The lowest BCUT2D eigenvalue weighted by atomic mass is 9.82. The molecule has 0 saturated carbocycles. The molecule has 0 radical (unpaired) electrons. The van der Waals surface area contributed by atoms with Gasteiger partial charge in [0.15, 0.2) is 0 Å². The molecule has 0 heterocycles. The molecule has 124 valence electrons. The van der Waals surface area contributed by atoms with Crippen molar-refractivity contribution in [1.29, 1.82) is 0 Å². The molecule has 0 aliphatic rings. The molecule has 0 saturated heterocycles. The molecule has 0 atom stereocenters. The topological polar surface area (TPSA) is 0 Å². The van der Waals surface area contributed by atoms with E-state index in [1.807, 2.05) is 0 Å². The molecule has 0 aromatic heterocycles. The second kappa shape index (κ2) is 5.91. The van der Waals surface area contributed by atoms with E-state index in [2.05, 4.69) is 0 Å². The molecule has 23 heavy (non-hydrogen) atoms. The first kappa shape index (κ1) is 17.9. The van der Waals surface area contributed by atoms with E-state index in [0.717, 1.165) is 48.5 Å². The first-order valence-electron chi connectivity index (χ1n) is 6.15. The Labute approximate surface area is 137 Å². The lowest BCUT2D eigenvalue weighted by molar-refractivity contribution is -0.323. The van der Waals surface area contributed by atoms with Gasteiger partial charge in [0.2, 0.25) is 5.67 Å². The highest BCUT2D eigenvalue weighted by atomic mass is 35.5. The van der Waals surface area contributed by atoms with Crippen molar-refractivity contribution in [2.75, 3.05) is 0 Å². The zero-order valence-electron chi connectivity index (χ0n) is 11.1. The molecule has 0 unspecified atom stereocenters. The summed E-state index contributed by atoms with van der Waals surface area (Å²) in [5.74, 6) is -5.67. The maximum atomic E-state index is 15.2. The fraction of sp³-hybridized carbons (Fsp3) is 0.200. The van der Waals surface area contributed by atoms with E-state index in [9.17, 15) is 22.0 Å². The van der Waals surface area contributed by atoms with Crippen LogP contribution in [0, 0.1) is 0 Å². The van der Waals surface area contributed by atoms with Crippen molar-refractivity contribution >= 4 is 23.2 Å². The number of benzene rings is 2. The summed E-state index contributed by atoms with van der Waals surface area (Å²) in [6, 6.07) is 7.29. The van der Waals surface area contributed by atoms with Crippen LogP contribution in [0.25, 0.3) is 0 Å². The predicted molar refractivity (Wildman–Crippen MR) is 75.8 cm³/mol. The van der Waals surface area contributed by atoms with Crippen molar-refractivity contribution in [3.63, 3.8) is 0 Å². The van der Waals surface area contributed by atoms with Gasteiger partial charge in [-0.1, -0.05) is 47.5 Å². The number of alkyl halides is 6. The monoisotopic (exact) mass is 372 g/mol. The number of halogens is 8. The largest absolute Gasteiger partial charge is 0.457 e. The fourth-order valence-corrected chi connectivity index (χ4v) is 2.34. The Morgan fingerprint density at radius 1 is 0.565 bits per heavy atom. The highest BCUT2D eigenvalue weighted by molar-refractivity contribution is 6.30. The van der Waals surface area contributed by atoms with Gasteiger partial charge in [-0.2, -0.15) is 22.0 Å². The van der Waals surface area contributed by atoms with Gasteiger partial charge in [-0.25, -0.2) is 4.39 Å². The Hall–Kier alpha value is -1.40. The molecule has 0 amide bonds. The summed E-state index contributed by atoms with van der Waals surface area (Å²) in [5, 5.41) is 0.144. The van der Waals surface area contributed by atoms with Crippen LogP contribution >= 0.6 is 23.2 Å². The lowest BCUT2D eigenvalue weighted by Gasteiger charge is -2.35. The molecule has 0 nitrogen and oxygen atoms in total. The van der Waals surface area contributed by atoms with Gasteiger partial charge < -0.3 is 0 Å². The standard InChI is InChI=1S/C15H8Cl2F6/c16-11-5-1-9(2-6-11)13(18,14(19,20)15(21,22)23)10-3-7-12(17)8-4-10/h1-8H. The van der Waals surface area contributed by atoms with Crippen LogP contribution in [-0.2, 0) is 5.67 Å². The molecule has 8 heteroatoms. The van der Waals surface area contributed by atoms with Gasteiger partial charge in [0.05, 0.1) is 0 Å². The lowest BCUT2D eigenvalue weighted by Crippen LogP contribution is -2.53. The van der Waals surface area contributed by atoms with Crippen molar-refractivity contribution < 1.29 is 26.3 Å². The zero-order chi connectivity index (χ0) is 17.5. The summed E-state index contributed by atoms with van der Waals surface area (Å²) in [5.41, 5.74) is -5.86. The Morgan fingerprint density at radius 2 is 0.870 bits per heavy atom. The summed E-state index contributed by atoms with van der Waals surface area (Å²) in [6.45, 7) is 0. The summed E-state index contributed by atoms with van der Waals surface area (Å²) in [4.78, 5) is 0. The van der Waals surface area contributed by atoms with Crippen molar-refractivity contribution in [3.05, 3.63) is 69.7 Å². The first-order chi connectivity index (χ1) is 10.5. The minimum Gasteiger partial charge on any atom is -0.226 e. The SMILES string of the molecule is FC(F)(F)C(F)(F)C(F)(c1ccc(Cl)cc1)c1ccc(Cl)cc1. The van der Waals surface area contributed by atoms with E-state index in [4.69, 9.17) is 23.2 Å². The van der Waals surface area contributed by atoms with E-state index in [0.29, 0.717) is 0 Å². The highest BCUT2D eigenvalue weighted by Crippen LogP contribution is 2.54. The van der Waals surface area contributed by atoms with Crippen LogP contribution in [-0.4, -0.2) is 12.1 Å². The van der Waals surface area contributed by atoms with E-state index in [1.54, 1.807) is 0 Å². The van der Waals surface area contributed by atoms with Gasteiger partial charge in [-0.05, 0) is 24.3 Å². The van der Waals surface area contributed by atoms with Gasteiger partial charge in [-0.3, -0.25) is 0 Å². The second-order valence-electron chi connectivity index (χ2n) is 4.74. The highest BCUT2D eigenvalue weighted by Gasteiger charge is 2.72. The molecule has 2 aromatic rings. The van der Waals surface area contributed by atoms with Gasteiger partial charge in [-0.15, -0.1) is 0 Å². The third-order valence-electron chi connectivity index (χ3n) is 3.27. The Morgan fingerprint density at radius 3 is 1.13 bits per heavy atom. The van der Waals surface area contributed by atoms with Gasteiger partial charge in [0, 0.05) is 21.2 Å². The maximum Gasteiger partial charge on any atom is 0.457 e. The average molecular weight is 373 g/mol. The van der Waals surface area contributed by atoms with Crippen molar-refractivity contribution in [2.45, 2.75) is 17.8 Å². The average Bonchev–Trinajstić information content (AvgIpc) is 2.46. The molecule has 0 spiro atoms. The van der Waals surface area contributed by atoms with E-state index in [-0.39, 0.29) is 10.0 Å². The van der Waals surface area contributed by atoms with Crippen molar-refractivity contribution in [1.82, 2.24) is 0 Å². The van der Waals surface area contributed by atoms with Crippen LogP contribution in [0.5, 0.6) is 0 Å². The van der Waals surface area contributed by atoms with Crippen LogP contribution in [0.15, 0.2) is 48.5 Å². The van der Waals surface area contributed by atoms with Crippen LogP contribution in [0.1, 0.15) is 11.1 Å². The molecule has 0 fully saturated rings. The molecule has 2 rings (SSSR count). The van der Waals surface area contributed by atoms with Crippen molar-refractivity contribution in [2.24, 2.45) is 0 Å². The van der Waals surface area contributed by atoms with E-state index in [1.165, 1.54) is 0 Å². The predicted octanol–water partition coefficient (Wildman–Crippen LogP) is 6.40. The summed E-state index contributed by atoms with van der Waals surface area (Å²) < 4.78 is 81.7. The fourth-order valence-electron chi connectivity index (χ4n) is 2.08. The molecular weight excluding hydrogens is 365 g/mol. The number of hydrogen-bond acceptors (Lipinski definition) is 0. The minimum absolute atomic E-state index is 0.0718. The maximum absolute atomic E-state index is 15.2. The van der Waals surface area contributed by atoms with Gasteiger partial charge in [0.1, 0.15) is 0 Å². The minimum atomic E-state index is -6.10. The van der Waals surface area contributed by atoms with Crippen LogP contribution < -0.4 is 0 Å².